The Bertz CT molecular complexity index is 608. The molecule has 92 valence electrons. The van der Waals surface area contributed by atoms with Gasteiger partial charge in [0.25, 0.3) is 0 Å². The fourth-order valence-electron chi connectivity index (χ4n) is 2.17. The van der Waals surface area contributed by atoms with Gasteiger partial charge in [0.05, 0.1) is 5.52 Å². The maximum atomic E-state index is 11.3. The number of para-hydroxylation sites is 1. The summed E-state index contributed by atoms with van der Waals surface area (Å²) >= 11 is 0. The Hall–Kier alpha value is -2.17. The SMILES string of the molecule is O=C(O)C1(Nc2ncc3ccccc3n2)CCC1. The number of carboxylic acid groups (broad SMARTS) is 1. The Morgan fingerprint density at radius 2 is 2.11 bits per heavy atom. The molecule has 0 radical (unpaired) electrons. The van der Waals surface area contributed by atoms with E-state index >= 15 is 0 Å². The summed E-state index contributed by atoms with van der Waals surface area (Å²) in [6.45, 7) is 0. The van der Waals surface area contributed by atoms with E-state index in [1.54, 1.807) is 6.20 Å². The van der Waals surface area contributed by atoms with Crippen LogP contribution in [-0.4, -0.2) is 26.6 Å². The fraction of sp³-hybridized carbons (Fsp3) is 0.308. The largest absolute Gasteiger partial charge is 0.480 e. The normalized spacial score (nSPS) is 17.1. The molecule has 5 nitrogen and oxygen atoms in total. The van der Waals surface area contributed by atoms with Crippen molar-refractivity contribution in [3.63, 3.8) is 0 Å². The standard InChI is InChI=1S/C13H13N3O2/c17-11(18)13(6-3-7-13)16-12-14-8-9-4-1-2-5-10(9)15-12/h1-2,4-5,8H,3,6-7H2,(H,17,18)(H,14,15,16). The van der Waals surface area contributed by atoms with Gasteiger partial charge in [-0.05, 0) is 25.3 Å². The van der Waals surface area contributed by atoms with Crippen molar-refractivity contribution in [1.82, 2.24) is 9.97 Å². The van der Waals surface area contributed by atoms with Crippen molar-refractivity contribution in [3.8, 4) is 0 Å². The number of aliphatic carboxylic acids is 1. The predicted octanol–water partition coefficient (Wildman–Crippen LogP) is 2.05. The van der Waals surface area contributed by atoms with E-state index in [-0.39, 0.29) is 0 Å². The van der Waals surface area contributed by atoms with Crippen LogP contribution in [0.4, 0.5) is 5.95 Å². The van der Waals surface area contributed by atoms with Crippen molar-refractivity contribution in [2.24, 2.45) is 0 Å². The number of aromatic nitrogens is 2. The van der Waals surface area contributed by atoms with Crippen molar-refractivity contribution in [1.29, 1.82) is 0 Å². The smallest absolute Gasteiger partial charge is 0.329 e. The molecule has 0 aliphatic heterocycles. The summed E-state index contributed by atoms with van der Waals surface area (Å²) in [5.74, 6) is -0.443. The Balaban J connectivity index is 1.93. The number of nitrogens with zero attached hydrogens (tertiary/aromatic N) is 2. The van der Waals surface area contributed by atoms with Gasteiger partial charge in [0, 0.05) is 11.6 Å². The van der Waals surface area contributed by atoms with Gasteiger partial charge in [-0.3, -0.25) is 0 Å². The first-order valence-electron chi connectivity index (χ1n) is 5.93. The molecule has 0 amide bonds. The maximum Gasteiger partial charge on any atom is 0.329 e. The Kier molecular flexibility index (Phi) is 2.40. The van der Waals surface area contributed by atoms with Crippen molar-refractivity contribution < 1.29 is 9.90 Å². The van der Waals surface area contributed by atoms with Crippen LogP contribution in [0.2, 0.25) is 0 Å². The number of nitrogens with one attached hydrogen (secondary N) is 1. The maximum absolute atomic E-state index is 11.3. The molecule has 2 N–H and O–H groups in total. The highest BCUT2D eigenvalue weighted by Gasteiger charge is 2.45. The minimum Gasteiger partial charge on any atom is -0.480 e. The molecule has 5 heteroatoms. The summed E-state index contributed by atoms with van der Waals surface area (Å²) in [4.78, 5) is 19.8. The Labute approximate surface area is 104 Å². The van der Waals surface area contributed by atoms with Crippen LogP contribution in [0.5, 0.6) is 0 Å². The summed E-state index contributed by atoms with van der Waals surface area (Å²) in [6, 6.07) is 7.63. The van der Waals surface area contributed by atoms with E-state index in [1.807, 2.05) is 24.3 Å². The molecule has 1 fully saturated rings. The van der Waals surface area contributed by atoms with Crippen LogP contribution < -0.4 is 5.32 Å². The van der Waals surface area contributed by atoms with Crippen molar-refractivity contribution >= 4 is 22.8 Å². The third-order valence-electron chi connectivity index (χ3n) is 3.46. The quantitative estimate of drug-likeness (QED) is 0.862. The molecule has 0 atom stereocenters. The average Bonchev–Trinajstić information content (AvgIpc) is 2.33. The Morgan fingerprint density at radius 1 is 1.33 bits per heavy atom. The van der Waals surface area contributed by atoms with Crippen LogP contribution in [0.3, 0.4) is 0 Å². The molecule has 0 saturated heterocycles. The minimum absolute atomic E-state index is 0.385. The number of anilines is 1. The second kappa shape index (κ2) is 3.94. The van der Waals surface area contributed by atoms with Gasteiger partial charge < -0.3 is 10.4 Å². The molecule has 1 aliphatic rings. The number of carboxylic acids is 1. The summed E-state index contributed by atoms with van der Waals surface area (Å²) in [5.41, 5.74) is -0.0579. The van der Waals surface area contributed by atoms with Gasteiger partial charge in [0.2, 0.25) is 5.95 Å². The van der Waals surface area contributed by atoms with Gasteiger partial charge in [-0.1, -0.05) is 18.2 Å². The molecular formula is C13H13N3O2. The first-order chi connectivity index (χ1) is 8.70. The summed E-state index contributed by atoms with van der Waals surface area (Å²) in [5, 5.41) is 13.1. The van der Waals surface area contributed by atoms with Gasteiger partial charge >= 0.3 is 5.97 Å². The van der Waals surface area contributed by atoms with Crippen molar-refractivity contribution in [2.75, 3.05) is 5.32 Å². The van der Waals surface area contributed by atoms with Crippen molar-refractivity contribution in [2.45, 2.75) is 24.8 Å². The fourth-order valence-corrected chi connectivity index (χ4v) is 2.17. The number of hydrogen-bond acceptors (Lipinski definition) is 4. The summed E-state index contributed by atoms with van der Waals surface area (Å²) in [7, 11) is 0. The molecule has 1 aliphatic carbocycles. The molecule has 3 rings (SSSR count). The van der Waals surface area contributed by atoms with Gasteiger partial charge in [-0.2, -0.15) is 0 Å². The first kappa shape index (κ1) is 11.0. The van der Waals surface area contributed by atoms with Crippen LogP contribution in [0.1, 0.15) is 19.3 Å². The highest BCUT2D eigenvalue weighted by Crippen LogP contribution is 2.34. The second-order valence-corrected chi connectivity index (χ2v) is 4.62. The van der Waals surface area contributed by atoms with E-state index in [0.717, 1.165) is 17.3 Å². The zero-order chi connectivity index (χ0) is 12.6. The summed E-state index contributed by atoms with van der Waals surface area (Å²) < 4.78 is 0. The van der Waals surface area contributed by atoms with E-state index in [9.17, 15) is 9.90 Å². The highest BCUT2D eigenvalue weighted by molar-refractivity contribution is 5.84. The monoisotopic (exact) mass is 243 g/mol. The van der Waals surface area contributed by atoms with Crippen LogP contribution in [0.25, 0.3) is 10.9 Å². The van der Waals surface area contributed by atoms with Gasteiger partial charge in [0.1, 0.15) is 5.54 Å². The van der Waals surface area contributed by atoms with E-state index in [2.05, 4.69) is 15.3 Å². The van der Waals surface area contributed by atoms with E-state index < -0.39 is 11.5 Å². The third kappa shape index (κ3) is 1.68. The molecule has 0 unspecified atom stereocenters. The number of hydrogen-bond donors (Lipinski definition) is 2. The molecular weight excluding hydrogens is 230 g/mol. The molecule has 1 heterocycles. The molecule has 0 spiro atoms. The molecule has 18 heavy (non-hydrogen) atoms. The topological polar surface area (TPSA) is 75.1 Å². The molecule has 2 aromatic rings. The number of fused-ring (bicyclic) bond motifs is 1. The predicted molar refractivity (Wildman–Crippen MR) is 67.4 cm³/mol. The number of carbonyl (C=O) groups is 1. The number of rotatable bonds is 3. The minimum atomic E-state index is -0.873. The number of benzene rings is 1. The van der Waals surface area contributed by atoms with Crippen LogP contribution in [-0.2, 0) is 4.79 Å². The molecule has 1 aromatic carbocycles. The van der Waals surface area contributed by atoms with Crippen molar-refractivity contribution in [3.05, 3.63) is 30.5 Å². The van der Waals surface area contributed by atoms with Crippen LogP contribution >= 0.6 is 0 Å². The lowest BCUT2D eigenvalue weighted by Gasteiger charge is -2.38. The second-order valence-electron chi connectivity index (χ2n) is 4.62. The zero-order valence-electron chi connectivity index (χ0n) is 9.76. The van der Waals surface area contributed by atoms with Crippen LogP contribution in [0, 0.1) is 0 Å². The average molecular weight is 243 g/mol. The molecule has 0 bridgehead atoms. The third-order valence-corrected chi connectivity index (χ3v) is 3.46. The van der Waals surface area contributed by atoms with Gasteiger partial charge in [0.15, 0.2) is 0 Å². The highest BCUT2D eigenvalue weighted by atomic mass is 16.4. The lowest BCUT2D eigenvalue weighted by atomic mass is 9.77. The lowest BCUT2D eigenvalue weighted by molar-refractivity contribution is -0.145. The van der Waals surface area contributed by atoms with E-state index in [4.69, 9.17) is 0 Å². The molecule has 1 aromatic heterocycles. The molecule has 1 saturated carbocycles. The Morgan fingerprint density at radius 3 is 2.78 bits per heavy atom. The zero-order valence-corrected chi connectivity index (χ0v) is 9.76. The van der Waals surface area contributed by atoms with Gasteiger partial charge in [-0.15, -0.1) is 0 Å². The first-order valence-corrected chi connectivity index (χ1v) is 5.93. The van der Waals surface area contributed by atoms with Crippen LogP contribution in [0.15, 0.2) is 30.5 Å². The lowest BCUT2D eigenvalue weighted by Crippen LogP contribution is -2.52. The van der Waals surface area contributed by atoms with E-state index in [0.29, 0.717) is 18.8 Å². The summed E-state index contributed by atoms with van der Waals surface area (Å²) in [6.07, 6.45) is 3.88. The van der Waals surface area contributed by atoms with E-state index in [1.165, 1.54) is 0 Å². The van der Waals surface area contributed by atoms with Gasteiger partial charge in [-0.25, -0.2) is 14.8 Å².